The first-order chi connectivity index (χ1) is 14.7. The molecule has 0 saturated carbocycles. The van der Waals surface area contributed by atoms with Crippen LogP contribution in [0.2, 0.25) is 10.0 Å². The Morgan fingerprint density at radius 1 is 1.00 bits per heavy atom. The molecule has 31 heavy (non-hydrogen) atoms. The van der Waals surface area contributed by atoms with Gasteiger partial charge in [-0.2, -0.15) is 0 Å². The van der Waals surface area contributed by atoms with E-state index >= 15 is 0 Å². The number of aliphatic carboxylic acids is 1. The van der Waals surface area contributed by atoms with Gasteiger partial charge in [0.15, 0.2) is 5.71 Å². The summed E-state index contributed by atoms with van der Waals surface area (Å²) in [7, 11) is 0. The average Bonchev–Trinajstić information content (AvgIpc) is 2.73. The summed E-state index contributed by atoms with van der Waals surface area (Å²) in [6, 6.07) is 11.4. The Bertz CT molecular complexity index is 957. The van der Waals surface area contributed by atoms with E-state index in [1.807, 2.05) is 68.5 Å². The zero-order valence-electron chi connectivity index (χ0n) is 17.6. The van der Waals surface area contributed by atoms with Gasteiger partial charge in [0.2, 0.25) is 0 Å². The smallest absolute Gasteiger partial charge is 0.353 e. The number of hydrogen-bond donors (Lipinski definition) is 2. The van der Waals surface area contributed by atoms with E-state index in [1.165, 1.54) is 12.5 Å². The van der Waals surface area contributed by atoms with Gasteiger partial charge in [-0.25, -0.2) is 10.7 Å². The Morgan fingerprint density at radius 3 is 1.94 bits per heavy atom. The second kappa shape index (κ2) is 14.4. The molecule has 0 saturated heterocycles. The second-order valence-corrected chi connectivity index (χ2v) is 7.29. The largest absolute Gasteiger partial charge is 0.477 e. The molecule has 2 aromatic carbocycles. The highest BCUT2D eigenvalue weighted by Crippen LogP contribution is 2.17. The van der Waals surface area contributed by atoms with Gasteiger partial charge >= 0.3 is 5.97 Å². The van der Waals surface area contributed by atoms with E-state index in [4.69, 9.17) is 39.0 Å². The summed E-state index contributed by atoms with van der Waals surface area (Å²) in [5.74, 6) is 3.79. The molecule has 166 valence electrons. The Labute approximate surface area is 192 Å². The zero-order valence-corrected chi connectivity index (χ0v) is 19.2. The molecule has 0 spiro atoms. The van der Waals surface area contributed by atoms with E-state index in [1.54, 1.807) is 6.08 Å². The number of oxime groups is 1. The second-order valence-electron chi connectivity index (χ2n) is 6.42. The van der Waals surface area contributed by atoms with Crippen molar-refractivity contribution in [1.29, 1.82) is 0 Å². The van der Waals surface area contributed by atoms with Crippen molar-refractivity contribution < 1.29 is 19.6 Å². The average molecular weight is 465 g/mol. The monoisotopic (exact) mass is 464 g/mol. The maximum Gasteiger partial charge on any atom is 0.353 e. The van der Waals surface area contributed by atoms with Gasteiger partial charge in [-0.05, 0) is 73.4 Å². The van der Waals surface area contributed by atoms with Crippen molar-refractivity contribution in [1.82, 2.24) is 0 Å². The van der Waals surface area contributed by atoms with Crippen LogP contribution in [0.4, 0.5) is 0 Å². The van der Waals surface area contributed by atoms with Crippen LogP contribution in [0.5, 0.6) is 0 Å². The van der Waals surface area contributed by atoms with Crippen LogP contribution in [0.15, 0.2) is 53.7 Å². The van der Waals surface area contributed by atoms with Crippen LogP contribution in [-0.4, -0.2) is 30.0 Å². The molecule has 0 aliphatic rings. The molecule has 8 heteroatoms. The molecule has 2 aromatic rings. The van der Waals surface area contributed by atoms with E-state index in [-0.39, 0.29) is 12.3 Å². The number of benzene rings is 2. The van der Waals surface area contributed by atoms with E-state index in [0.717, 1.165) is 21.7 Å². The van der Waals surface area contributed by atoms with Crippen LogP contribution < -0.4 is 5.90 Å². The minimum Gasteiger partial charge on any atom is -0.477 e. The van der Waals surface area contributed by atoms with Crippen LogP contribution in [0.1, 0.15) is 29.2 Å². The molecule has 0 aromatic heterocycles. The number of aryl methyl sites for hydroxylation is 2. The standard InChI is InChI=1S/C13H14ClNO3.C10H12ClNO/c1-9-5-6-12(14)8-11(9)4-3-7-18-15-10(2)13(16)17;1-8-4-5-10(11)7-9(8)3-2-6-13-12/h3-6,8H,7H2,1-2H3,(H,16,17);2-5,7H,6,12H2,1H3/b4-3+,15-10-;3-2+. The quantitative estimate of drug-likeness (QED) is 0.297. The predicted octanol–water partition coefficient (Wildman–Crippen LogP) is 5.69. The van der Waals surface area contributed by atoms with Crippen molar-refractivity contribution in [3.05, 3.63) is 80.8 Å². The van der Waals surface area contributed by atoms with Crippen LogP contribution in [-0.2, 0) is 14.5 Å². The lowest BCUT2D eigenvalue weighted by molar-refractivity contribution is -0.129. The molecule has 0 aliphatic heterocycles. The lowest BCUT2D eigenvalue weighted by Gasteiger charge is -2.00. The first-order valence-corrected chi connectivity index (χ1v) is 10.1. The molecule has 3 N–H and O–H groups in total. The van der Waals surface area contributed by atoms with Crippen molar-refractivity contribution in [2.45, 2.75) is 20.8 Å². The summed E-state index contributed by atoms with van der Waals surface area (Å²) in [4.78, 5) is 19.7. The predicted molar refractivity (Wildman–Crippen MR) is 127 cm³/mol. The Hall–Kier alpha value is -2.64. The number of rotatable bonds is 8. The summed E-state index contributed by atoms with van der Waals surface area (Å²) in [5, 5.41) is 13.4. The van der Waals surface area contributed by atoms with Gasteiger partial charge in [-0.1, -0.05) is 58.7 Å². The number of carbonyl (C=O) groups is 1. The Kier molecular flexibility index (Phi) is 12.2. The SMILES string of the molecule is C/C(=N/OC/C=C/c1cc(Cl)ccc1C)C(=O)O.Cc1ccc(Cl)cc1/C=C/CON. The van der Waals surface area contributed by atoms with Gasteiger partial charge in [0.05, 0.1) is 6.61 Å². The van der Waals surface area contributed by atoms with Crippen molar-refractivity contribution in [2.75, 3.05) is 13.2 Å². The third-order valence-corrected chi connectivity index (χ3v) is 4.42. The number of hydrogen-bond acceptors (Lipinski definition) is 5. The highest BCUT2D eigenvalue weighted by atomic mass is 35.5. The molecule has 0 unspecified atom stereocenters. The Balaban J connectivity index is 0.000000327. The normalized spacial score (nSPS) is 11.5. The number of carboxylic acid groups (broad SMARTS) is 1. The minimum absolute atomic E-state index is 0.0812. The van der Waals surface area contributed by atoms with Crippen molar-refractivity contribution in [3.63, 3.8) is 0 Å². The lowest BCUT2D eigenvalue weighted by atomic mass is 10.1. The third-order valence-electron chi connectivity index (χ3n) is 3.95. The molecule has 0 amide bonds. The van der Waals surface area contributed by atoms with Crippen LogP contribution in [0.3, 0.4) is 0 Å². The first kappa shape index (κ1) is 26.4. The molecule has 0 bridgehead atoms. The molecule has 0 aliphatic carbocycles. The Morgan fingerprint density at radius 2 is 1.48 bits per heavy atom. The highest BCUT2D eigenvalue weighted by molar-refractivity contribution is 6.34. The lowest BCUT2D eigenvalue weighted by Crippen LogP contribution is -2.08. The van der Waals surface area contributed by atoms with Gasteiger partial charge in [0.1, 0.15) is 6.61 Å². The summed E-state index contributed by atoms with van der Waals surface area (Å²) >= 11 is 11.7. The van der Waals surface area contributed by atoms with Crippen molar-refractivity contribution in [3.8, 4) is 0 Å². The van der Waals surface area contributed by atoms with Gasteiger partial charge in [0.25, 0.3) is 0 Å². The first-order valence-electron chi connectivity index (χ1n) is 9.31. The number of nitrogens with zero attached hydrogens (tertiary/aromatic N) is 1. The van der Waals surface area contributed by atoms with Gasteiger partial charge in [-0.15, -0.1) is 0 Å². The molecule has 6 nitrogen and oxygen atoms in total. The molecule has 0 fully saturated rings. The molecule has 0 atom stereocenters. The summed E-state index contributed by atoms with van der Waals surface area (Å²) in [6.45, 7) is 5.98. The summed E-state index contributed by atoms with van der Waals surface area (Å²) in [5.41, 5.74) is 4.27. The van der Waals surface area contributed by atoms with Crippen molar-refractivity contribution in [2.24, 2.45) is 11.1 Å². The molecule has 0 radical (unpaired) electrons. The van der Waals surface area contributed by atoms with E-state index in [9.17, 15) is 4.79 Å². The molecular formula is C23H26Cl2N2O4. The van der Waals surface area contributed by atoms with Crippen LogP contribution in [0.25, 0.3) is 12.2 Å². The number of halogens is 2. The minimum atomic E-state index is -1.09. The van der Waals surface area contributed by atoms with Crippen molar-refractivity contribution >= 4 is 47.0 Å². The summed E-state index contributed by atoms with van der Waals surface area (Å²) in [6.07, 6.45) is 7.39. The van der Waals surface area contributed by atoms with E-state index < -0.39 is 5.97 Å². The maximum atomic E-state index is 10.4. The fraction of sp³-hybridized carbons (Fsp3) is 0.217. The zero-order chi connectivity index (χ0) is 23.2. The van der Waals surface area contributed by atoms with Crippen LogP contribution in [0, 0.1) is 13.8 Å². The van der Waals surface area contributed by atoms with E-state index in [0.29, 0.717) is 11.6 Å². The summed E-state index contributed by atoms with van der Waals surface area (Å²) < 4.78 is 0. The molecule has 0 heterocycles. The molecule has 2 rings (SSSR count). The van der Waals surface area contributed by atoms with Gasteiger partial charge in [0, 0.05) is 10.0 Å². The van der Waals surface area contributed by atoms with Gasteiger partial charge < -0.3 is 14.8 Å². The fourth-order valence-corrected chi connectivity index (χ4v) is 2.56. The third kappa shape index (κ3) is 10.8. The number of carboxylic acids is 1. The van der Waals surface area contributed by atoms with E-state index in [2.05, 4.69) is 9.99 Å². The van der Waals surface area contributed by atoms with Gasteiger partial charge in [-0.3, -0.25) is 0 Å². The van der Waals surface area contributed by atoms with Crippen LogP contribution >= 0.6 is 23.2 Å². The topological polar surface area (TPSA) is 94.1 Å². The fourth-order valence-electron chi connectivity index (χ4n) is 2.20. The maximum absolute atomic E-state index is 10.4. The highest BCUT2D eigenvalue weighted by Gasteiger charge is 2.00. The molecular weight excluding hydrogens is 439 g/mol. The number of nitrogens with two attached hydrogens (primary N) is 1.